The molecule has 0 N–H and O–H groups in total. The maximum Gasteiger partial charge on any atom is 0.0923 e. The smallest absolute Gasteiger partial charge is 0.0923 e. The molecular formula is C21H18N4. The van der Waals surface area contributed by atoms with Gasteiger partial charge in [-0.15, -0.1) is 0 Å². The molecule has 0 spiro atoms. The van der Waals surface area contributed by atoms with E-state index in [2.05, 4.69) is 35.1 Å². The average molecular weight is 326 g/mol. The minimum absolute atomic E-state index is 0.744. The summed E-state index contributed by atoms with van der Waals surface area (Å²) in [5.74, 6) is 0. The summed E-state index contributed by atoms with van der Waals surface area (Å²) >= 11 is 0. The Morgan fingerprint density at radius 1 is 0.880 bits per heavy atom. The number of nitrogens with zero attached hydrogens (tertiary/aromatic N) is 4. The van der Waals surface area contributed by atoms with Crippen LogP contribution in [0.4, 0.5) is 0 Å². The van der Waals surface area contributed by atoms with E-state index < -0.39 is 0 Å². The van der Waals surface area contributed by atoms with Crippen LogP contribution in [0.2, 0.25) is 0 Å². The van der Waals surface area contributed by atoms with Gasteiger partial charge in [0.25, 0.3) is 0 Å². The number of hydrogen-bond acceptors (Lipinski definition) is 3. The number of benzene rings is 1. The van der Waals surface area contributed by atoms with E-state index >= 15 is 0 Å². The largest absolute Gasteiger partial charge is 0.268 e. The third-order valence-electron chi connectivity index (χ3n) is 4.23. The number of rotatable bonds is 4. The van der Waals surface area contributed by atoms with E-state index in [1.54, 1.807) is 0 Å². The van der Waals surface area contributed by atoms with Crippen molar-refractivity contribution in [2.45, 2.75) is 13.5 Å². The van der Waals surface area contributed by atoms with E-state index in [1.807, 2.05) is 65.9 Å². The van der Waals surface area contributed by atoms with Gasteiger partial charge in [-0.1, -0.05) is 24.3 Å². The fraction of sp³-hybridized carbons (Fsp3) is 0.0952. The molecule has 0 saturated carbocycles. The molecule has 0 atom stereocenters. The highest BCUT2D eigenvalue weighted by molar-refractivity contribution is 5.69. The van der Waals surface area contributed by atoms with Gasteiger partial charge in [-0.2, -0.15) is 5.10 Å². The molecular weight excluding hydrogens is 308 g/mol. The van der Waals surface area contributed by atoms with Crippen LogP contribution in [0.25, 0.3) is 22.5 Å². The van der Waals surface area contributed by atoms with Crippen molar-refractivity contribution in [2.24, 2.45) is 0 Å². The summed E-state index contributed by atoms with van der Waals surface area (Å²) < 4.78 is 1.96. The van der Waals surface area contributed by atoms with Crippen molar-refractivity contribution in [2.75, 3.05) is 0 Å². The minimum atomic E-state index is 0.744. The highest BCUT2D eigenvalue weighted by atomic mass is 15.3. The Hall–Kier alpha value is -3.27. The Kier molecular flexibility index (Phi) is 4.09. The molecule has 0 saturated heterocycles. The molecule has 4 heteroatoms. The zero-order chi connectivity index (χ0) is 17.1. The van der Waals surface area contributed by atoms with Crippen LogP contribution in [0.15, 0.2) is 79.4 Å². The molecule has 0 bridgehead atoms. The predicted molar refractivity (Wildman–Crippen MR) is 99.0 cm³/mol. The Labute approximate surface area is 146 Å². The van der Waals surface area contributed by atoms with Gasteiger partial charge in [0.05, 0.1) is 17.9 Å². The Balaban J connectivity index is 1.61. The van der Waals surface area contributed by atoms with E-state index in [0.717, 1.165) is 29.1 Å². The highest BCUT2D eigenvalue weighted by Crippen LogP contribution is 2.24. The summed E-state index contributed by atoms with van der Waals surface area (Å²) in [5.41, 5.74) is 6.52. The predicted octanol–water partition coefficient (Wildman–Crippen LogP) is 4.36. The van der Waals surface area contributed by atoms with Crippen LogP contribution in [-0.2, 0) is 6.54 Å². The lowest BCUT2D eigenvalue weighted by Crippen LogP contribution is -2.02. The molecule has 0 aliphatic carbocycles. The monoisotopic (exact) mass is 326 g/mol. The molecule has 4 rings (SSSR count). The van der Waals surface area contributed by atoms with Gasteiger partial charge in [-0.3, -0.25) is 14.6 Å². The fourth-order valence-corrected chi connectivity index (χ4v) is 2.83. The first-order valence-corrected chi connectivity index (χ1v) is 8.24. The zero-order valence-corrected chi connectivity index (χ0v) is 14.0. The summed E-state index contributed by atoms with van der Waals surface area (Å²) in [5, 5.41) is 4.73. The van der Waals surface area contributed by atoms with Crippen molar-refractivity contribution >= 4 is 0 Å². The molecule has 122 valence electrons. The van der Waals surface area contributed by atoms with Crippen molar-refractivity contribution in [1.29, 1.82) is 0 Å². The molecule has 0 fully saturated rings. The molecule has 0 aliphatic heterocycles. The first kappa shape index (κ1) is 15.3. The van der Waals surface area contributed by atoms with E-state index in [-0.39, 0.29) is 0 Å². The quantitative estimate of drug-likeness (QED) is 0.559. The van der Waals surface area contributed by atoms with Gasteiger partial charge in [0.15, 0.2) is 0 Å². The molecule has 25 heavy (non-hydrogen) atoms. The number of aromatic nitrogens is 4. The van der Waals surface area contributed by atoms with Crippen LogP contribution in [0.3, 0.4) is 0 Å². The molecule has 0 unspecified atom stereocenters. The second kappa shape index (κ2) is 6.69. The molecule has 0 aliphatic rings. The van der Waals surface area contributed by atoms with Gasteiger partial charge in [0, 0.05) is 35.9 Å². The van der Waals surface area contributed by atoms with Gasteiger partial charge in [-0.25, -0.2) is 0 Å². The third kappa shape index (κ3) is 3.33. The number of hydrogen-bond donors (Lipinski definition) is 0. The lowest BCUT2D eigenvalue weighted by molar-refractivity contribution is 0.685. The van der Waals surface area contributed by atoms with Crippen molar-refractivity contribution in [3.8, 4) is 22.5 Å². The van der Waals surface area contributed by atoms with Crippen LogP contribution >= 0.6 is 0 Å². The maximum atomic E-state index is 4.73. The molecule has 0 amide bonds. The third-order valence-corrected chi connectivity index (χ3v) is 4.23. The Bertz CT molecular complexity index is 989. The SMILES string of the molecule is Cc1cnccc1Cn1ccc(-c2cccc(-c3ccccn3)c2)n1. The van der Waals surface area contributed by atoms with Gasteiger partial charge >= 0.3 is 0 Å². The van der Waals surface area contributed by atoms with Crippen LogP contribution in [0.1, 0.15) is 11.1 Å². The van der Waals surface area contributed by atoms with Crippen LogP contribution in [0, 0.1) is 6.92 Å². The molecule has 4 nitrogen and oxygen atoms in total. The number of pyridine rings is 2. The highest BCUT2D eigenvalue weighted by Gasteiger charge is 2.06. The summed E-state index contributed by atoms with van der Waals surface area (Å²) in [6, 6.07) is 18.4. The van der Waals surface area contributed by atoms with Crippen LogP contribution < -0.4 is 0 Å². The topological polar surface area (TPSA) is 43.6 Å². The van der Waals surface area contributed by atoms with Gasteiger partial charge in [-0.05, 0) is 48.4 Å². The summed E-state index contributed by atoms with van der Waals surface area (Å²) in [6.45, 7) is 2.82. The first-order valence-electron chi connectivity index (χ1n) is 8.24. The first-order chi connectivity index (χ1) is 12.3. The van der Waals surface area contributed by atoms with E-state index in [1.165, 1.54) is 11.1 Å². The minimum Gasteiger partial charge on any atom is -0.268 e. The molecule has 3 heterocycles. The van der Waals surface area contributed by atoms with Gasteiger partial charge in [0.1, 0.15) is 0 Å². The van der Waals surface area contributed by atoms with E-state index in [9.17, 15) is 0 Å². The molecule has 1 aromatic carbocycles. The second-order valence-corrected chi connectivity index (χ2v) is 6.00. The lowest BCUT2D eigenvalue weighted by Gasteiger charge is -2.05. The normalized spacial score (nSPS) is 10.8. The molecule has 0 radical (unpaired) electrons. The Morgan fingerprint density at radius 3 is 2.56 bits per heavy atom. The number of aryl methyl sites for hydroxylation is 1. The van der Waals surface area contributed by atoms with Gasteiger partial charge in [0.2, 0.25) is 0 Å². The Morgan fingerprint density at radius 2 is 1.76 bits per heavy atom. The summed E-state index contributed by atoms with van der Waals surface area (Å²) in [6.07, 6.45) is 7.54. The second-order valence-electron chi connectivity index (χ2n) is 6.00. The lowest BCUT2D eigenvalue weighted by atomic mass is 10.1. The van der Waals surface area contributed by atoms with Crippen molar-refractivity contribution in [3.63, 3.8) is 0 Å². The van der Waals surface area contributed by atoms with Crippen LogP contribution in [-0.4, -0.2) is 19.7 Å². The summed E-state index contributed by atoms with van der Waals surface area (Å²) in [4.78, 5) is 8.57. The van der Waals surface area contributed by atoms with Crippen molar-refractivity contribution in [3.05, 3.63) is 90.5 Å². The van der Waals surface area contributed by atoms with Crippen LogP contribution in [0.5, 0.6) is 0 Å². The molecule has 4 aromatic rings. The van der Waals surface area contributed by atoms with Gasteiger partial charge < -0.3 is 0 Å². The zero-order valence-electron chi connectivity index (χ0n) is 14.0. The molecule has 3 aromatic heterocycles. The average Bonchev–Trinajstić information content (AvgIpc) is 3.13. The maximum absolute atomic E-state index is 4.73. The van der Waals surface area contributed by atoms with Crippen molar-refractivity contribution < 1.29 is 0 Å². The summed E-state index contributed by atoms with van der Waals surface area (Å²) in [7, 11) is 0. The standard InChI is InChI=1S/C21H18N4/c1-16-14-22-11-8-19(16)15-25-12-9-21(24-25)18-6-4-5-17(13-18)20-7-2-3-10-23-20/h2-14H,15H2,1H3. The van der Waals surface area contributed by atoms with E-state index in [4.69, 9.17) is 5.10 Å². The fourth-order valence-electron chi connectivity index (χ4n) is 2.83. The van der Waals surface area contributed by atoms with Crippen molar-refractivity contribution in [1.82, 2.24) is 19.7 Å². The van der Waals surface area contributed by atoms with E-state index in [0.29, 0.717) is 0 Å².